The maximum atomic E-state index is 12.1. The van der Waals surface area contributed by atoms with Gasteiger partial charge in [0.25, 0.3) is 0 Å². The summed E-state index contributed by atoms with van der Waals surface area (Å²) in [6.07, 6.45) is 1.12. The molecule has 0 fully saturated rings. The molecule has 0 saturated carbocycles. The van der Waals surface area contributed by atoms with E-state index < -0.39 is 0 Å². The normalized spacial score (nSPS) is 13.0. The van der Waals surface area contributed by atoms with Crippen molar-refractivity contribution in [1.82, 2.24) is 0 Å². The molecule has 3 rings (SSSR count). The molecule has 5 heteroatoms. The number of carbonyl (C=O) groups is 2. The Morgan fingerprint density at radius 3 is 2.71 bits per heavy atom. The predicted octanol–water partition coefficient (Wildman–Crippen LogP) is 3.00. The number of hydrogen-bond donors (Lipinski definition) is 1. The van der Waals surface area contributed by atoms with Crippen LogP contribution in [0, 0.1) is 0 Å². The Morgan fingerprint density at radius 2 is 1.96 bits per heavy atom. The number of nitrogens with one attached hydrogen (secondary N) is 1. The van der Waals surface area contributed by atoms with Gasteiger partial charge in [-0.15, -0.1) is 0 Å². The van der Waals surface area contributed by atoms with E-state index in [9.17, 15) is 9.59 Å². The summed E-state index contributed by atoms with van der Waals surface area (Å²) in [5, 5.41) is 2.88. The van der Waals surface area contributed by atoms with Gasteiger partial charge in [-0.25, -0.2) is 0 Å². The lowest BCUT2D eigenvalue weighted by Gasteiger charge is -2.29. The molecule has 0 unspecified atom stereocenters. The molecule has 1 N–H and O–H groups in total. The molecule has 2 amide bonds. The zero-order valence-electron chi connectivity index (χ0n) is 13.6. The number of fused-ring (bicyclic) bond motifs is 1. The Hall–Kier alpha value is -2.82. The number of amides is 2. The number of carbonyl (C=O) groups excluding carboxylic acids is 2. The molecule has 0 atom stereocenters. The summed E-state index contributed by atoms with van der Waals surface area (Å²) in [6.45, 7) is 2.54. The van der Waals surface area contributed by atoms with Crippen molar-refractivity contribution < 1.29 is 14.3 Å². The Labute approximate surface area is 141 Å². The van der Waals surface area contributed by atoms with Gasteiger partial charge in [0.2, 0.25) is 11.8 Å². The molecule has 2 aromatic rings. The van der Waals surface area contributed by atoms with E-state index >= 15 is 0 Å². The van der Waals surface area contributed by atoms with Gasteiger partial charge < -0.3 is 15.0 Å². The van der Waals surface area contributed by atoms with Crippen LogP contribution in [-0.4, -0.2) is 25.0 Å². The fourth-order valence-electron chi connectivity index (χ4n) is 2.75. The molecule has 124 valence electrons. The van der Waals surface area contributed by atoms with Crippen LogP contribution in [0.15, 0.2) is 48.5 Å². The van der Waals surface area contributed by atoms with Crippen LogP contribution in [0.5, 0.6) is 5.75 Å². The van der Waals surface area contributed by atoms with Gasteiger partial charge in [-0.3, -0.25) is 9.59 Å². The van der Waals surface area contributed by atoms with Gasteiger partial charge in [0.05, 0.1) is 12.2 Å². The van der Waals surface area contributed by atoms with Gasteiger partial charge in [0.15, 0.2) is 0 Å². The third-order valence-electron chi connectivity index (χ3n) is 3.97. The molecule has 24 heavy (non-hydrogen) atoms. The molecule has 0 saturated heterocycles. The largest absolute Gasteiger partial charge is 0.489 e. The quantitative estimate of drug-likeness (QED) is 0.940. The Kier molecular flexibility index (Phi) is 4.79. The van der Waals surface area contributed by atoms with E-state index in [1.165, 1.54) is 6.92 Å². The molecular weight excluding hydrogens is 304 g/mol. The van der Waals surface area contributed by atoms with Crippen molar-refractivity contribution in [1.29, 1.82) is 0 Å². The van der Waals surface area contributed by atoms with Crippen molar-refractivity contribution in [2.24, 2.45) is 0 Å². The van der Waals surface area contributed by atoms with Crippen LogP contribution in [0.25, 0.3) is 0 Å². The molecule has 0 aliphatic carbocycles. The average molecular weight is 324 g/mol. The second-order valence-electron chi connectivity index (χ2n) is 5.74. The number of ether oxygens (including phenoxy) is 1. The Morgan fingerprint density at radius 1 is 1.17 bits per heavy atom. The minimum Gasteiger partial charge on any atom is -0.489 e. The first-order chi connectivity index (χ1) is 11.6. The molecule has 1 aliphatic heterocycles. The third-order valence-corrected chi connectivity index (χ3v) is 3.97. The lowest BCUT2D eigenvalue weighted by atomic mass is 10.1. The van der Waals surface area contributed by atoms with Crippen LogP contribution in [0.3, 0.4) is 0 Å². The van der Waals surface area contributed by atoms with Crippen molar-refractivity contribution in [3.8, 4) is 5.75 Å². The molecule has 1 heterocycles. The summed E-state index contributed by atoms with van der Waals surface area (Å²) in [5.41, 5.74) is 2.56. The maximum Gasteiger partial charge on any atom is 0.224 e. The highest BCUT2D eigenvalue weighted by molar-refractivity contribution is 5.95. The minimum atomic E-state index is -0.0435. The minimum absolute atomic E-state index is 0.0146. The van der Waals surface area contributed by atoms with Crippen molar-refractivity contribution in [3.63, 3.8) is 0 Å². The molecule has 5 nitrogen and oxygen atoms in total. The van der Waals surface area contributed by atoms with Crippen molar-refractivity contribution in [2.75, 3.05) is 23.4 Å². The zero-order valence-corrected chi connectivity index (χ0v) is 13.6. The molecule has 1 aliphatic rings. The van der Waals surface area contributed by atoms with Gasteiger partial charge in [0, 0.05) is 25.1 Å². The SMILES string of the molecule is CC(=O)N1CCOc2cc(NC(=O)CCc3ccccc3)ccc21. The van der Waals surface area contributed by atoms with Crippen LogP contribution < -0.4 is 15.0 Å². The van der Waals surface area contributed by atoms with Crippen molar-refractivity contribution >= 4 is 23.2 Å². The number of aryl methyl sites for hydroxylation is 1. The summed E-state index contributed by atoms with van der Waals surface area (Å²) in [7, 11) is 0. The van der Waals surface area contributed by atoms with Crippen LogP contribution in [0.2, 0.25) is 0 Å². The maximum absolute atomic E-state index is 12.1. The van der Waals surface area contributed by atoms with Gasteiger partial charge in [0.1, 0.15) is 12.4 Å². The monoisotopic (exact) mass is 324 g/mol. The predicted molar refractivity (Wildman–Crippen MR) is 93.4 cm³/mol. The van der Waals surface area contributed by atoms with E-state index in [1.807, 2.05) is 36.4 Å². The number of nitrogens with zero attached hydrogens (tertiary/aromatic N) is 1. The smallest absolute Gasteiger partial charge is 0.224 e. The van der Waals surface area contributed by atoms with E-state index in [0.717, 1.165) is 11.3 Å². The number of hydrogen-bond acceptors (Lipinski definition) is 3. The van der Waals surface area contributed by atoms with Crippen LogP contribution in [-0.2, 0) is 16.0 Å². The molecule has 2 aromatic carbocycles. The standard InChI is InChI=1S/C19H20N2O3/c1-14(22)21-11-12-24-18-13-16(8-9-17(18)21)20-19(23)10-7-15-5-3-2-4-6-15/h2-6,8-9,13H,7,10-12H2,1H3,(H,20,23). The van der Waals surface area contributed by atoms with Gasteiger partial charge in [-0.1, -0.05) is 30.3 Å². The summed E-state index contributed by atoms with van der Waals surface area (Å²) in [6, 6.07) is 15.3. The highest BCUT2D eigenvalue weighted by Crippen LogP contribution is 2.34. The summed E-state index contributed by atoms with van der Waals surface area (Å²) in [4.78, 5) is 25.4. The molecule has 0 aromatic heterocycles. The highest BCUT2D eigenvalue weighted by Gasteiger charge is 2.21. The summed E-state index contributed by atoms with van der Waals surface area (Å²) < 4.78 is 5.61. The summed E-state index contributed by atoms with van der Waals surface area (Å²) in [5.74, 6) is 0.564. The number of benzene rings is 2. The lowest BCUT2D eigenvalue weighted by molar-refractivity contribution is -0.117. The van der Waals surface area contributed by atoms with Crippen LogP contribution in [0.4, 0.5) is 11.4 Å². The third kappa shape index (κ3) is 3.74. The van der Waals surface area contributed by atoms with E-state index in [0.29, 0.717) is 37.4 Å². The summed E-state index contributed by atoms with van der Waals surface area (Å²) >= 11 is 0. The van der Waals surface area contributed by atoms with Gasteiger partial charge in [-0.05, 0) is 24.1 Å². The van der Waals surface area contributed by atoms with Crippen LogP contribution >= 0.6 is 0 Å². The highest BCUT2D eigenvalue weighted by atomic mass is 16.5. The second kappa shape index (κ2) is 7.17. The first kappa shape index (κ1) is 16.1. The Balaban J connectivity index is 1.63. The van der Waals surface area contributed by atoms with E-state index in [4.69, 9.17) is 4.74 Å². The van der Waals surface area contributed by atoms with Gasteiger partial charge in [-0.2, -0.15) is 0 Å². The van der Waals surface area contributed by atoms with Crippen molar-refractivity contribution in [3.05, 3.63) is 54.1 Å². The number of anilines is 2. The molecule has 0 spiro atoms. The first-order valence-electron chi connectivity index (χ1n) is 8.02. The molecule has 0 radical (unpaired) electrons. The van der Waals surface area contributed by atoms with E-state index in [-0.39, 0.29) is 11.8 Å². The Bertz CT molecular complexity index is 744. The average Bonchev–Trinajstić information content (AvgIpc) is 2.60. The topological polar surface area (TPSA) is 58.6 Å². The van der Waals surface area contributed by atoms with Crippen molar-refractivity contribution in [2.45, 2.75) is 19.8 Å². The fourth-order valence-corrected chi connectivity index (χ4v) is 2.75. The van der Waals surface area contributed by atoms with Gasteiger partial charge >= 0.3 is 0 Å². The van der Waals surface area contributed by atoms with Crippen LogP contribution in [0.1, 0.15) is 18.9 Å². The lowest BCUT2D eigenvalue weighted by Crippen LogP contribution is -2.36. The molecule has 0 bridgehead atoms. The first-order valence-corrected chi connectivity index (χ1v) is 8.02. The molecular formula is C19H20N2O3. The van der Waals surface area contributed by atoms with E-state index in [2.05, 4.69) is 5.32 Å². The second-order valence-corrected chi connectivity index (χ2v) is 5.74. The fraction of sp³-hybridized carbons (Fsp3) is 0.263. The zero-order chi connectivity index (χ0) is 16.9. The van der Waals surface area contributed by atoms with E-state index in [1.54, 1.807) is 17.0 Å². The number of rotatable bonds is 4.